The summed E-state index contributed by atoms with van der Waals surface area (Å²) in [5, 5.41) is 3.18. The van der Waals surface area contributed by atoms with E-state index in [4.69, 9.17) is 11.6 Å². The molecule has 0 unspecified atom stereocenters. The van der Waals surface area contributed by atoms with Crippen molar-refractivity contribution in [3.63, 3.8) is 0 Å². The fourth-order valence-electron chi connectivity index (χ4n) is 3.12. The van der Waals surface area contributed by atoms with Gasteiger partial charge in [0, 0.05) is 38.9 Å². The number of benzene rings is 1. The SMILES string of the molecule is C[C@H](C(=O)Nc1cccnc1Cl)N1CCN(C/C=C/c2ccccc2)CC1. The zero-order chi connectivity index (χ0) is 19.1. The number of aromatic nitrogens is 1. The van der Waals surface area contributed by atoms with E-state index < -0.39 is 0 Å². The van der Waals surface area contributed by atoms with Gasteiger partial charge in [-0.05, 0) is 24.6 Å². The number of halogens is 1. The lowest BCUT2D eigenvalue weighted by Gasteiger charge is -2.37. The number of carbonyl (C=O) groups excluding carboxylic acids is 1. The average molecular weight is 385 g/mol. The molecular weight excluding hydrogens is 360 g/mol. The summed E-state index contributed by atoms with van der Waals surface area (Å²) in [4.78, 5) is 21.1. The topological polar surface area (TPSA) is 48.5 Å². The van der Waals surface area contributed by atoms with Gasteiger partial charge >= 0.3 is 0 Å². The van der Waals surface area contributed by atoms with E-state index in [1.165, 1.54) is 5.56 Å². The lowest BCUT2D eigenvalue weighted by molar-refractivity contribution is -0.121. The second-order valence-electron chi connectivity index (χ2n) is 6.66. The molecule has 0 bridgehead atoms. The van der Waals surface area contributed by atoms with Crippen molar-refractivity contribution in [2.45, 2.75) is 13.0 Å². The zero-order valence-corrected chi connectivity index (χ0v) is 16.3. The maximum Gasteiger partial charge on any atom is 0.241 e. The molecule has 1 aromatic carbocycles. The second-order valence-corrected chi connectivity index (χ2v) is 7.01. The maximum absolute atomic E-state index is 12.5. The van der Waals surface area contributed by atoms with E-state index in [2.05, 4.69) is 44.4 Å². The van der Waals surface area contributed by atoms with Crippen molar-refractivity contribution in [2.24, 2.45) is 0 Å². The smallest absolute Gasteiger partial charge is 0.241 e. The highest BCUT2D eigenvalue weighted by molar-refractivity contribution is 6.32. The van der Waals surface area contributed by atoms with Crippen LogP contribution in [0.5, 0.6) is 0 Å². The maximum atomic E-state index is 12.5. The third-order valence-corrected chi connectivity index (χ3v) is 5.13. The van der Waals surface area contributed by atoms with Crippen molar-refractivity contribution < 1.29 is 4.79 Å². The Hall–Kier alpha value is -2.21. The summed E-state index contributed by atoms with van der Waals surface area (Å²) in [5.41, 5.74) is 1.77. The van der Waals surface area contributed by atoms with Gasteiger partial charge < -0.3 is 5.32 Å². The van der Waals surface area contributed by atoms with Gasteiger partial charge in [-0.1, -0.05) is 54.1 Å². The Bertz CT molecular complexity index is 773. The number of hydrogen-bond donors (Lipinski definition) is 1. The molecule has 1 amide bonds. The molecule has 2 heterocycles. The number of amides is 1. The molecule has 1 saturated heterocycles. The van der Waals surface area contributed by atoms with Crippen LogP contribution in [0.3, 0.4) is 0 Å². The summed E-state index contributed by atoms with van der Waals surface area (Å²) in [6.07, 6.45) is 5.96. The number of pyridine rings is 1. The summed E-state index contributed by atoms with van der Waals surface area (Å²) >= 11 is 6.02. The lowest BCUT2D eigenvalue weighted by atomic mass is 10.2. The van der Waals surface area contributed by atoms with E-state index >= 15 is 0 Å². The number of carbonyl (C=O) groups is 1. The number of piperazine rings is 1. The summed E-state index contributed by atoms with van der Waals surface area (Å²) in [7, 11) is 0. The summed E-state index contributed by atoms with van der Waals surface area (Å²) in [6, 6.07) is 13.6. The first-order chi connectivity index (χ1) is 13.1. The summed E-state index contributed by atoms with van der Waals surface area (Å²) < 4.78 is 0. The predicted molar refractivity (Wildman–Crippen MR) is 111 cm³/mol. The molecule has 1 aliphatic heterocycles. The largest absolute Gasteiger partial charge is 0.322 e. The third kappa shape index (κ3) is 5.63. The molecule has 2 aromatic rings. The molecule has 5 nitrogen and oxygen atoms in total. The van der Waals surface area contributed by atoms with Crippen LogP contribution in [0.2, 0.25) is 5.15 Å². The molecule has 1 aliphatic rings. The molecular formula is C21H25ClN4O. The Morgan fingerprint density at radius 3 is 2.63 bits per heavy atom. The highest BCUT2D eigenvalue weighted by Crippen LogP contribution is 2.18. The summed E-state index contributed by atoms with van der Waals surface area (Å²) in [6.45, 7) is 6.50. The first-order valence-electron chi connectivity index (χ1n) is 9.23. The number of hydrogen-bond acceptors (Lipinski definition) is 4. The lowest BCUT2D eigenvalue weighted by Crippen LogP contribution is -2.52. The first kappa shape index (κ1) is 19.5. The van der Waals surface area contributed by atoms with E-state index in [1.807, 2.05) is 25.1 Å². The Morgan fingerprint density at radius 1 is 1.19 bits per heavy atom. The minimum Gasteiger partial charge on any atom is -0.322 e. The quantitative estimate of drug-likeness (QED) is 0.775. The Balaban J connectivity index is 1.45. The minimum atomic E-state index is -0.205. The highest BCUT2D eigenvalue weighted by atomic mass is 35.5. The number of rotatable bonds is 6. The third-order valence-electron chi connectivity index (χ3n) is 4.82. The fourth-order valence-corrected chi connectivity index (χ4v) is 3.28. The monoisotopic (exact) mass is 384 g/mol. The van der Waals surface area contributed by atoms with Gasteiger partial charge in [0.15, 0.2) is 5.15 Å². The molecule has 0 saturated carbocycles. The standard InChI is InChI=1S/C21H25ClN4O/c1-17(21(27)24-19-10-5-11-23-20(19)22)26-15-13-25(14-16-26)12-6-9-18-7-3-2-4-8-18/h2-11,17H,12-16H2,1H3,(H,24,27)/b9-6+/t17-/m1/s1. The van der Waals surface area contributed by atoms with Crippen molar-refractivity contribution in [1.29, 1.82) is 0 Å². The van der Waals surface area contributed by atoms with Crippen LogP contribution in [0.1, 0.15) is 12.5 Å². The van der Waals surface area contributed by atoms with Crippen LogP contribution >= 0.6 is 11.6 Å². The minimum absolute atomic E-state index is 0.0534. The number of anilines is 1. The van der Waals surface area contributed by atoms with E-state index in [-0.39, 0.29) is 11.9 Å². The van der Waals surface area contributed by atoms with Gasteiger partial charge in [0.2, 0.25) is 5.91 Å². The van der Waals surface area contributed by atoms with Gasteiger partial charge in [-0.25, -0.2) is 4.98 Å². The van der Waals surface area contributed by atoms with Crippen molar-refractivity contribution in [2.75, 3.05) is 38.0 Å². The van der Waals surface area contributed by atoms with Crippen molar-refractivity contribution >= 4 is 29.3 Å². The van der Waals surface area contributed by atoms with Gasteiger partial charge in [-0.2, -0.15) is 0 Å². The summed E-state index contributed by atoms with van der Waals surface area (Å²) in [5.74, 6) is -0.0534. The Labute approximate surface area is 165 Å². The van der Waals surface area contributed by atoms with Crippen LogP contribution in [0.25, 0.3) is 6.08 Å². The van der Waals surface area contributed by atoms with Crippen LogP contribution in [-0.4, -0.2) is 59.5 Å². The molecule has 1 atom stereocenters. The number of nitrogens with one attached hydrogen (secondary N) is 1. The van der Waals surface area contributed by atoms with Crippen molar-refractivity contribution in [3.8, 4) is 0 Å². The average Bonchev–Trinajstić information content (AvgIpc) is 2.70. The molecule has 0 aliphatic carbocycles. The molecule has 6 heteroatoms. The predicted octanol–water partition coefficient (Wildman–Crippen LogP) is 3.39. The normalized spacial score (nSPS) is 17.1. The molecule has 1 aromatic heterocycles. The Morgan fingerprint density at radius 2 is 1.93 bits per heavy atom. The highest BCUT2D eigenvalue weighted by Gasteiger charge is 2.25. The second kappa shape index (κ2) is 9.65. The molecule has 0 radical (unpaired) electrons. The molecule has 0 spiro atoms. The van der Waals surface area contributed by atoms with Crippen molar-refractivity contribution in [1.82, 2.24) is 14.8 Å². The van der Waals surface area contributed by atoms with Gasteiger partial charge in [-0.15, -0.1) is 0 Å². The molecule has 1 N–H and O–H groups in total. The van der Waals surface area contributed by atoms with Crippen LogP contribution in [0, 0.1) is 0 Å². The molecule has 27 heavy (non-hydrogen) atoms. The van der Waals surface area contributed by atoms with Gasteiger partial charge in [-0.3, -0.25) is 14.6 Å². The fraction of sp³-hybridized carbons (Fsp3) is 0.333. The van der Waals surface area contributed by atoms with E-state index in [0.717, 1.165) is 32.7 Å². The van der Waals surface area contributed by atoms with Crippen LogP contribution in [-0.2, 0) is 4.79 Å². The van der Waals surface area contributed by atoms with Gasteiger partial charge in [0.05, 0.1) is 11.7 Å². The van der Waals surface area contributed by atoms with Crippen LogP contribution in [0.15, 0.2) is 54.7 Å². The van der Waals surface area contributed by atoms with E-state index in [9.17, 15) is 4.79 Å². The van der Waals surface area contributed by atoms with Crippen LogP contribution < -0.4 is 5.32 Å². The molecule has 3 rings (SSSR count). The molecule has 1 fully saturated rings. The van der Waals surface area contributed by atoms with Crippen molar-refractivity contribution in [3.05, 3.63) is 65.5 Å². The van der Waals surface area contributed by atoms with Crippen LogP contribution in [0.4, 0.5) is 5.69 Å². The first-order valence-corrected chi connectivity index (χ1v) is 9.60. The van der Waals surface area contributed by atoms with Gasteiger partial charge in [0.1, 0.15) is 0 Å². The number of nitrogens with zero attached hydrogens (tertiary/aromatic N) is 3. The Kier molecular flexibility index (Phi) is 6.98. The van der Waals surface area contributed by atoms with Gasteiger partial charge in [0.25, 0.3) is 0 Å². The zero-order valence-electron chi connectivity index (χ0n) is 15.5. The van der Waals surface area contributed by atoms with E-state index in [0.29, 0.717) is 10.8 Å². The van der Waals surface area contributed by atoms with E-state index in [1.54, 1.807) is 18.3 Å². The molecule has 142 valence electrons.